The molecule has 1 aromatic carbocycles. The van der Waals surface area contributed by atoms with Crippen LogP contribution in [0.5, 0.6) is 0 Å². The van der Waals surface area contributed by atoms with Crippen LogP contribution in [0.25, 0.3) is 0 Å². The van der Waals surface area contributed by atoms with E-state index in [1.165, 1.54) is 0 Å². The number of amides is 2. The average Bonchev–Trinajstić information content (AvgIpc) is 3.45. The van der Waals surface area contributed by atoms with Crippen LogP contribution in [0.1, 0.15) is 29.1 Å². The normalized spacial score (nSPS) is 13.0. The number of hydrogen-bond donors (Lipinski definition) is 2. The Morgan fingerprint density at radius 1 is 1.14 bits per heavy atom. The van der Waals surface area contributed by atoms with Gasteiger partial charge in [-0.3, -0.25) is 9.59 Å². The summed E-state index contributed by atoms with van der Waals surface area (Å²) in [7, 11) is 0. The van der Waals surface area contributed by atoms with Crippen molar-refractivity contribution >= 4 is 17.8 Å². The molecule has 0 unspecified atom stereocenters. The molecule has 0 aliphatic heterocycles. The maximum absolute atomic E-state index is 12.0. The summed E-state index contributed by atoms with van der Waals surface area (Å²) in [4.78, 5) is 46.9. The van der Waals surface area contributed by atoms with Crippen molar-refractivity contribution in [2.24, 2.45) is 5.92 Å². The van der Waals surface area contributed by atoms with Gasteiger partial charge < -0.3 is 19.8 Å². The zero-order valence-electron chi connectivity index (χ0n) is 15.1. The topological polar surface area (TPSA) is 133 Å². The molecule has 148 valence electrons. The van der Waals surface area contributed by atoms with Crippen LogP contribution in [0.3, 0.4) is 0 Å². The lowest BCUT2D eigenvalue weighted by atomic mass is 10.2. The highest BCUT2D eigenvalue weighted by molar-refractivity contribution is 5.95. The second-order valence-corrected chi connectivity index (χ2v) is 6.41. The molecule has 0 atom stereocenters. The van der Waals surface area contributed by atoms with E-state index in [9.17, 15) is 19.2 Å². The molecule has 0 saturated heterocycles. The lowest BCUT2D eigenvalue weighted by molar-refractivity contribution is -0.120. The van der Waals surface area contributed by atoms with E-state index in [-0.39, 0.29) is 19.0 Å². The summed E-state index contributed by atoms with van der Waals surface area (Å²) in [6.07, 6.45) is 1.30. The molecule has 2 amide bonds. The lowest BCUT2D eigenvalue weighted by Gasteiger charge is -2.07. The summed E-state index contributed by atoms with van der Waals surface area (Å²) < 4.78 is 10.9. The SMILES string of the molecule is O=C(CNC(=O)OCc1ccccc1)NCC(=O)c1nn(CC2CC2)c(=O)o1. The molecule has 1 saturated carbocycles. The van der Waals surface area contributed by atoms with E-state index in [2.05, 4.69) is 15.7 Å². The number of ether oxygens (including phenoxy) is 1. The summed E-state index contributed by atoms with van der Waals surface area (Å²) in [6.45, 7) is -0.254. The van der Waals surface area contributed by atoms with E-state index in [4.69, 9.17) is 9.15 Å². The number of nitrogens with one attached hydrogen (secondary N) is 2. The highest BCUT2D eigenvalue weighted by atomic mass is 16.5. The van der Waals surface area contributed by atoms with E-state index in [1.54, 1.807) is 12.1 Å². The minimum atomic E-state index is -0.754. The Hall–Kier alpha value is -3.43. The van der Waals surface area contributed by atoms with Crippen molar-refractivity contribution in [1.29, 1.82) is 0 Å². The Bertz CT molecular complexity index is 900. The van der Waals surface area contributed by atoms with E-state index < -0.39 is 30.1 Å². The molecule has 1 aromatic heterocycles. The van der Waals surface area contributed by atoms with Gasteiger partial charge >= 0.3 is 11.8 Å². The summed E-state index contributed by atoms with van der Waals surface area (Å²) in [5.74, 6) is -1.86. The second kappa shape index (κ2) is 8.98. The van der Waals surface area contributed by atoms with E-state index >= 15 is 0 Å². The molecule has 10 heteroatoms. The number of ketones is 1. The van der Waals surface area contributed by atoms with Crippen molar-refractivity contribution in [2.75, 3.05) is 13.1 Å². The van der Waals surface area contributed by atoms with E-state index in [0.717, 1.165) is 23.1 Å². The Labute approximate surface area is 159 Å². The number of nitrogens with zero attached hydrogens (tertiary/aromatic N) is 2. The monoisotopic (exact) mass is 388 g/mol. The van der Waals surface area contributed by atoms with Crippen molar-refractivity contribution < 1.29 is 23.5 Å². The fourth-order valence-corrected chi connectivity index (χ4v) is 2.32. The smallest absolute Gasteiger partial charge is 0.437 e. The van der Waals surface area contributed by atoms with Gasteiger partial charge in [0.1, 0.15) is 13.2 Å². The number of alkyl carbamates (subject to hydrolysis) is 1. The molecule has 0 bridgehead atoms. The molecule has 0 spiro atoms. The molecular weight excluding hydrogens is 368 g/mol. The predicted octanol–water partition coefficient (Wildman–Crippen LogP) is 0.472. The van der Waals surface area contributed by atoms with Gasteiger partial charge in [0.2, 0.25) is 11.7 Å². The van der Waals surface area contributed by atoms with Gasteiger partial charge in [-0.1, -0.05) is 30.3 Å². The first-order chi connectivity index (χ1) is 13.5. The number of Topliss-reactive ketones (excluding diaryl/α,β-unsaturated/α-hetero) is 1. The Balaban J connectivity index is 1.36. The quantitative estimate of drug-likeness (QED) is 0.597. The minimum absolute atomic E-state index is 0.0787. The molecule has 1 aliphatic carbocycles. The van der Waals surface area contributed by atoms with Gasteiger partial charge in [0, 0.05) is 0 Å². The largest absolute Gasteiger partial charge is 0.445 e. The van der Waals surface area contributed by atoms with Gasteiger partial charge in [-0.25, -0.2) is 9.59 Å². The molecule has 1 heterocycles. The summed E-state index contributed by atoms with van der Waals surface area (Å²) in [5, 5.41) is 8.44. The molecule has 2 N–H and O–H groups in total. The van der Waals surface area contributed by atoms with Crippen LogP contribution in [0.15, 0.2) is 39.5 Å². The van der Waals surface area contributed by atoms with Crippen molar-refractivity contribution in [3.8, 4) is 0 Å². The predicted molar refractivity (Wildman–Crippen MR) is 95.5 cm³/mol. The fraction of sp³-hybridized carbons (Fsp3) is 0.389. The van der Waals surface area contributed by atoms with Crippen LogP contribution in [0, 0.1) is 5.92 Å². The summed E-state index contributed by atoms with van der Waals surface area (Å²) in [5.41, 5.74) is 0.815. The first kappa shape index (κ1) is 19.3. The third-order valence-corrected chi connectivity index (χ3v) is 4.03. The molecule has 3 rings (SSSR count). The van der Waals surface area contributed by atoms with Gasteiger partial charge in [0.05, 0.1) is 13.1 Å². The molecule has 2 aromatic rings. The number of aromatic nitrogens is 2. The molecule has 1 fully saturated rings. The van der Waals surface area contributed by atoms with Crippen LogP contribution in [-0.2, 0) is 22.7 Å². The zero-order valence-corrected chi connectivity index (χ0v) is 15.1. The molecule has 28 heavy (non-hydrogen) atoms. The molecule has 0 radical (unpaired) electrons. The first-order valence-electron chi connectivity index (χ1n) is 8.83. The lowest BCUT2D eigenvalue weighted by Crippen LogP contribution is -2.39. The van der Waals surface area contributed by atoms with Gasteiger partial charge in [-0.15, -0.1) is 5.10 Å². The number of rotatable bonds is 9. The van der Waals surface area contributed by atoms with Crippen molar-refractivity contribution in [3.05, 3.63) is 52.3 Å². The number of benzene rings is 1. The third-order valence-electron chi connectivity index (χ3n) is 4.03. The van der Waals surface area contributed by atoms with Crippen LogP contribution >= 0.6 is 0 Å². The van der Waals surface area contributed by atoms with E-state index in [1.807, 2.05) is 18.2 Å². The van der Waals surface area contributed by atoms with E-state index in [0.29, 0.717) is 12.5 Å². The summed E-state index contributed by atoms with van der Waals surface area (Å²) in [6, 6.07) is 9.08. The van der Waals surface area contributed by atoms with Gasteiger partial charge in [-0.2, -0.15) is 4.68 Å². The third kappa shape index (κ3) is 5.79. The Morgan fingerprint density at radius 3 is 2.61 bits per heavy atom. The van der Waals surface area contributed by atoms with Crippen LogP contribution < -0.4 is 16.4 Å². The molecular formula is C18H20N4O6. The highest BCUT2D eigenvalue weighted by Crippen LogP contribution is 2.29. The average molecular weight is 388 g/mol. The first-order valence-corrected chi connectivity index (χ1v) is 8.83. The summed E-state index contributed by atoms with van der Waals surface area (Å²) >= 11 is 0. The Kier molecular flexibility index (Phi) is 6.20. The van der Waals surface area contributed by atoms with Crippen LogP contribution in [0.2, 0.25) is 0 Å². The van der Waals surface area contributed by atoms with Crippen LogP contribution in [0.4, 0.5) is 4.79 Å². The molecule has 10 nitrogen and oxygen atoms in total. The van der Waals surface area contributed by atoms with Gasteiger partial charge in [0.15, 0.2) is 0 Å². The minimum Gasteiger partial charge on any atom is -0.445 e. The van der Waals surface area contributed by atoms with Crippen LogP contribution in [-0.4, -0.2) is 40.7 Å². The zero-order chi connectivity index (χ0) is 19.9. The fourth-order valence-electron chi connectivity index (χ4n) is 2.32. The van der Waals surface area contributed by atoms with Crippen molar-refractivity contribution in [2.45, 2.75) is 26.0 Å². The maximum atomic E-state index is 12.0. The van der Waals surface area contributed by atoms with Crippen molar-refractivity contribution in [1.82, 2.24) is 20.4 Å². The maximum Gasteiger partial charge on any atom is 0.437 e. The Morgan fingerprint density at radius 2 is 1.89 bits per heavy atom. The highest BCUT2D eigenvalue weighted by Gasteiger charge is 2.25. The number of hydrogen-bond acceptors (Lipinski definition) is 7. The van der Waals surface area contributed by atoms with Crippen molar-refractivity contribution in [3.63, 3.8) is 0 Å². The standard InChI is InChI=1S/C18H20N4O6/c23-14(16-21-22(18(26)28-16)10-12-6-7-12)8-19-15(24)9-20-17(25)27-11-13-4-2-1-3-5-13/h1-5,12H,6-11H2,(H,19,24)(H,20,25). The number of carbonyl (C=O) groups excluding carboxylic acids is 3. The molecule has 1 aliphatic rings. The van der Waals surface area contributed by atoms with Gasteiger partial charge in [-0.05, 0) is 24.3 Å². The second-order valence-electron chi connectivity index (χ2n) is 6.41. The number of carbonyl (C=O) groups is 3. The van der Waals surface area contributed by atoms with Gasteiger partial charge in [0.25, 0.3) is 5.89 Å².